The minimum Gasteiger partial charge on any atom is -0.456 e. The molecule has 0 spiro atoms. The van der Waals surface area contributed by atoms with Crippen LogP contribution in [0.15, 0.2) is 177 Å². The maximum Gasteiger partial charge on any atom is 0.167 e. The van der Waals surface area contributed by atoms with Crippen LogP contribution >= 0.6 is 0 Å². The lowest BCUT2D eigenvalue weighted by Gasteiger charge is -2.15. The van der Waals surface area contributed by atoms with E-state index in [1.165, 1.54) is 11.1 Å². The van der Waals surface area contributed by atoms with Crippen LogP contribution in [0.5, 0.6) is 0 Å². The average Bonchev–Trinajstić information content (AvgIpc) is 3.98. The summed E-state index contributed by atoms with van der Waals surface area (Å²) in [6.07, 6.45) is 1.62. The Morgan fingerprint density at radius 1 is 0.351 bits per heavy atom. The van der Waals surface area contributed by atoms with E-state index in [0.29, 0.717) is 17.5 Å². The van der Waals surface area contributed by atoms with Gasteiger partial charge in [-0.3, -0.25) is 0 Å². The van der Waals surface area contributed by atoms with Crippen LogP contribution in [0.3, 0.4) is 0 Å². The number of fused-ring (bicyclic) bond motifs is 9. The van der Waals surface area contributed by atoms with Gasteiger partial charge in [-0.05, 0) is 54.3 Å². The average molecular weight is 734 g/mol. The van der Waals surface area contributed by atoms with Crippen molar-refractivity contribution in [3.05, 3.63) is 186 Å². The highest BCUT2D eigenvalue weighted by atomic mass is 16.3. The summed E-state index contributed by atoms with van der Waals surface area (Å²) >= 11 is 0. The smallest absolute Gasteiger partial charge is 0.167 e. The molecule has 12 rings (SSSR count). The Morgan fingerprint density at radius 2 is 0.895 bits per heavy atom. The monoisotopic (exact) mass is 733 g/mol. The molecule has 0 radical (unpaired) electrons. The van der Waals surface area contributed by atoms with E-state index in [9.17, 15) is 0 Å². The van der Waals surface area contributed by atoms with E-state index in [1.807, 2.05) is 84.9 Å². The first-order valence-electron chi connectivity index (χ1n) is 19.2. The number of aromatic nitrogens is 3. The maximum atomic E-state index is 7.04. The van der Waals surface area contributed by atoms with Crippen molar-refractivity contribution >= 4 is 66.0 Å². The first-order valence-corrected chi connectivity index (χ1v) is 19.2. The second kappa shape index (κ2) is 12.5. The number of para-hydroxylation sites is 4. The molecule has 268 valence electrons. The molecule has 4 aromatic heterocycles. The van der Waals surface area contributed by atoms with Crippen LogP contribution in [0, 0.1) is 0 Å². The maximum absolute atomic E-state index is 7.04. The Morgan fingerprint density at radius 3 is 1.61 bits per heavy atom. The molecule has 0 atom stereocenters. The minimum absolute atomic E-state index is 0.559. The summed E-state index contributed by atoms with van der Waals surface area (Å²) in [4.78, 5) is 15.0. The predicted molar refractivity (Wildman–Crippen MR) is 227 cm³/mol. The van der Waals surface area contributed by atoms with Crippen LogP contribution in [0.25, 0.3) is 100 Å². The molecule has 4 heterocycles. The third-order valence-corrected chi connectivity index (χ3v) is 11.3. The first-order chi connectivity index (χ1) is 28.2. The topological polar surface area (TPSA) is 78.1 Å². The van der Waals surface area contributed by atoms with Gasteiger partial charge in [0, 0.05) is 54.4 Å². The summed E-state index contributed by atoms with van der Waals surface area (Å²) in [5, 5.41) is 6.48. The fourth-order valence-electron chi connectivity index (χ4n) is 8.67. The van der Waals surface area contributed by atoms with E-state index in [-0.39, 0.29) is 0 Å². The number of rotatable bonds is 5. The Hall–Kier alpha value is -7.57. The molecule has 0 N–H and O–H groups in total. The molecule has 1 aliphatic rings. The summed E-state index contributed by atoms with van der Waals surface area (Å²) in [5.41, 5.74) is 12.4. The van der Waals surface area contributed by atoms with E-state index < -0.39 is 0 Å². The molecule has 0 saturated carbocycles. The summed E-state index contributed by atoms with van der Waals surface area (Å²) in [6.45, 7) is 0. The number of hydrogen-bond donors (Lipinski definition) is 0. The Kier molecular flexibility index (Phi) is 6.95. The lowest BCUT2D eigenvalue weighted by atomic mass is 9.87. The fourth-order valence-corrected chi connectivity index (χ4v) is 8.67. The lowest BCUT2D eigenvalue weighted by Crippen LogP contribution is -2.30. The van der Waals surface area contributed by atoms with Crippen molar-refractivity contribution in [2.45, 2.75) is 12.8 Å². The molecule has 6 nitrogen and oxygen atoms in total. The van der Waals surface area contributed by atoms with E-state index in [4.69, 9.17) is 28.2 Å². The van der Waals surface area contributed by atoms with Gasteiger partial charge >= 0.3 is 0 Å². The standard InChI is InChI=1S/C51H31N3O3/c1-3-13-30(14-4-1)49-52-50(31-15-5-2-6-16-31)54-51(53-49)40-22-12-21-38-37-20-11-19-36(46(37)57-47(38)40)35-27-26-33(48-45(35)39-18-8-10-24-43(39)56-48)32-25-28-44-41(29-32)34-17-7-9-23-42(34)55-44/h1-25,28-29H,26-27H2. The van der Waals surface area contributed by atoms with Crippen molar-refractivity contribution in [2.75, 3.05) is 0 Å². The third-order valence-electron chi connectivity index (χ3n) is 11.3. The Bertz CT molecular complexity index is 3470. The number of furan rings is 3. The van der Waals surface area contributed by atoms with Gasteiger partial charge in [0.1, 0.15) is 33.3 Å². The van der Waals surface area contributed by atoms with Crippen molar-refractivity contribution < 1.29 is 13.3 Å². The second-order valence-electron chi connectivity index (χ2n) is 14.6. The summed E-state index contributed by atoms with van der Waals surface area (Å²) < 4.78 is 20.0. The van der Waals surface area contributed by atoms with Gasteiger partial charge in [0.15, 0.2) is 17.5 Å². The van der Waals surface area contributed by atoms with Crippen LogP contribution in [-0.2, 0) is 0 Å². The van der Waals surface area contributed by atoms with Crippen molar-refractivity contribution in [2.24, 2.45) is 0 Å². The molecule has 0 amide bonds. The molecular weight excluding hydrogens is 703 g/mol. The van der Waals surface area contributed by atoms with Gasteiger partial charge in [-0.2, -0.15) is 0 Å². The van der Waals surface area contributed by atoms with Crippen LogP contribution in [0.4, 0.5) is 0 Å². The zero-order valence-corrected chi connectivity index (χ0v) is 30.6. The molecule has 7 aromatic carbocycles. The fraction of sp³-hybridized carbons (Fsp3) is 0.0392. The molecule has 1 aliphatic carbocycles. The highest BCUT2D eigenvalue weighted by molar-refractivity contribution is 6.12. The van der Waals surface area contributed by atoms with E-state index in [2.05, 4.69) is 78.9 Å². The minimum atomic E-state index is 0.559. The van der Waals surface area contributed by atoms with Crippen molar-refractivity contribution in [3.63, 3.8) is 0 Å². The van der Waals surface area contributed by atoms with Gasteiger partial charge in [-0.25, -0.2) is 15.0 Å². The highest BCUT2D eigenvalue weighted by Crippen LogP contribution is 2.40. The predicted octanol–water partition coefficient (Wildman–Crippen LogP) is 11.6. The second-order valence-corrected chi connectivity index (χ2v) is 14.6. The largest absolute Gasteiger partial charge is 0.456 e. The summed E-state index contributed by atoms with van der Waals surface area (Å²) in [5.74, 6) is 1.78. The molecule has 57 heavy (non-hydrogen) atoms. The molecule has 11 aromatic rings. The van der Waals surface area contributed by atoms with E-state index in [0.717, 1.165) is 106 Å². The van der Waals surface area contributed by atoms with Crippen LogP contribution in [0.2, 0.25) is 0 Å². The SMILES string of the molecule is c1ccc(-c2nc(-c3ccccc3)nc(-c3cccc4c3oc3c(C5=c6c(oc7ccccc67)=C(c6ccc7oc8ccccc8c7c6)CC5)cccc34)n2)cc1. The van der Waals surface area contributed by atoms with Gasteiger partial charge in [-0.15, -0.1) is 0 Å². The molecule has 0 bridgehead atoms. The summed E-state index contributed by atoms with van der Waals surface area (Å²) in [6, 6.07) is 55.9. The van der Waals surface area contributed by atoms with Gasteiger partial charge in [-0.1, -0.05) is 133 Å². The van der Waals surface area contributed by atoms with Crippen LogP contribution in [-0.4, -0.2) is 15.0 Å². The molecule has 6 heteroatoms. The van der Waals surface area contributed by atoms with Crippen molar-refractivity contribution in [1.82, 2.24) is 15.0 Å². The van der Waals surface area contributed by atoms with Gasteiger partial charge in [0.05, 0.1) is 5.56 Å². The number of nitrogens with zero attached hydrogens (tertiary/aromatic N) is 3. The normalized spacial score (nSPS) is 13.1. The van der Waals surface area contributed by atoms with E-state index >= 15 is 0 Å². The first kappa shape index (κ1) is 31.7. The van der Waals surface area contributed by atoms with Gasteiger partial charge < -0.3 is 13.3 Å². The highest BCUT2D eigenvalue weighted by Gasteiger charge is 2.24. The number of hydrogen-bond acceptors (Lipinski definition) is 6. The third kappa shape index (κ3) is 5.00. The number of benzene rings is 7. The van der Waals surface area contributed by atoms with Crippen LogP contribution in [0.1, 0.15) is 24.0 Å². The molecule has 0 unspecified atom stereocenters. The Labute approximate surface area is 325 Å². The molecular formula is C51H31N3O3. The van der Waals surface area contributed by atoms with Crippen molar-refractivity contribution in [3.8, 4) is 34.2 Å². The molecule has 0 saturated heterocycles. The van der Waals surface area contributed by atoms with Gasteiger partial charge in [0.2, 0.25) is 0 Å². The summed E-state index contributed by atoms with van der Waals surface area (Å²) in [7, 11) is 0. The van der Waals surface area contributed by atoms with Crippen molar-refractivity contribution in [1.29, 1.82) is 0 Å². The molecule has 0 aliphatic heterocycles. The molecule has 0 fully saturated rings. The van der Waals surface area contributed by atoms with Crippen LogP contribution < -0.4 is 10.6 Å². The lowest BCUT2D eigenvalue weighted by molar-refractivity contribution is 0.567. The zero-order chi connectivity index (χ0) is 37.5. The van der Waals surface area contributed by atoms with Gasteiger partial charge in [0.25, 0.3) is 0 Å². The zero-order valence-electron chi connectivity index (χ0n) is 30.6. The quantitative estimate of drug-likeness (QED) is 0.175. The Balaban J connectivity index is 1.09. The van der Waals surface area contributed by atoms with E-state index in [1.54, 1.807) is 0 Å².